The van der Waals surface area contributed by atoms with Gasteiger partial charge in [0, 0.05) is 5.02 Å². The van der Waals surface area contributed by atoms with Crippen LogP contribution in [-0.2, 0) is 9.59 Å². The zero-order chi connectivity index (χ0) is 19.0. The number of halogens is 1. The van der Waals surface area contributed by atoms with E-state index in [0.29, 0.717) is 34.9 Å². The van der Waals surface area contributed by atoms with Crippen LogP contribution < -0.4 is 9.64 Å². The molecule has 1 fully saturated rings. The lowest BCUT2D eigenvalue weighted by atomic mass is 9.85. The fraction of sp³-hybridized carbons (Fsp3) is 0.190. The molecule has 6 heteroatoms. The summed E-state index contributed by atoms with van der Waals surface area (Å²) >= 11 is 5.81. The number of nitrogens with zero attached hydrogens (tertiary/aromatic N) is 1. The van der Waals surface area contributed by atoms with Crippen LogP contribution in [0.25, 0.3) is 0 Å². The number of hydrogen-bond acceptors (Lipinski definition) is 4. The van der Waals surface area contributed by atoms with Crippen molar-refractivity contribution in [2.75, 3.05) is 4.90 Å². The van der Waals surface area contributed by atoms with E-state index in [9.17, 15) is 14.4 Å². The summed E-state index contributed by atoms with van der Waals surface area (Å²) in [6.45, 7) is 0. The third kappa shape index (κ3) is 3.26. The molecular weight excluding hydrogens is 366 g/mol. The van der Waals surface area contributed by atoms with Gasteiger partial charge in [0.05, 0.1) is 23.1 Å². The molecule has 0 spiro atoms. The smallest absolute Gasteiger partial charge is 0.343 e. The van der Waals surface area contributed by atoms with Crippen molar-refractivity contribution in [3.8, 4) is 5.75 Å². The number of ether oxygens (including phenoxy) is 1. The molecule has 5 nitrogen and oxygen atoms in total. The van der Waals surface area contributed by atoms with Gasteiger partial charge in [-0.15, -0.1) is 0 Å². The van der Waals surface area contributed by atoms with Crippen molar-refractivity contribution in [2.24, 2.45) is 11.8 Å². The van der Waals surface area contributed by atoms with Crippen LogP contribution in [0.4, 0.5) is 5.69 Å². The predicted molar refractivity (Wildman–Crippen MR) is 101 cm³/mol. The molecule has 27 heavy (non-hydrogen) atoms. The Morgan fingerprint density at radius 2 is 1.44 bits per heavy atom. The van der Waals surface area contributed by atoms with Gasteiger partial charge in [0.1, 0.15) is 5.75 Å². The predicted octanol–water partition coefficient (Wildman–Crippen LogP) is 4.01. The van der Waals surface area contributed by atoms with Gasteiger partial charge in [-0.25, -0.2) is 4.79 Å². The minimum absolute atomic E-state index is 0.175. The van der Waals surface area contributed by atoms with Gasteiger partial charge in [0.2, 0.25) is 11.8 Å². The van der Waals surface area contributed by atoms with Crippen molar-refractivity contribution in [2.45, 2.75) is 12.8 Å². The lowest BCUT2D eigenvalue weighted by Gasteiger charge is -2.15. The number of carbonyl (C=O) groups is 3. The molecule has 4 rings (SSSR count). The SMILES string of the molecule is O=C(Oc1ccc(Cl)cc1)c1ccc(N2C(=O)C3CC=CCC3C2=O)cc1. The average Bonchev–Trinajstić information content (AvgIpc) is 2.95. The summed E-state index contributed by atoms with van der Waals surface area (Å²) < 4.78 is 5.29. The minimum atomic E-state index is -0.527. The van der Waals surface area contributed by atoms with E-state index in [-0.39, 0.29) is 23.7 Å². The molecule has 2 unspecified atom stereocenters. The normalized spacial score (nSPS) is 21.3. The van der Waals surface area contributed by atoms with Gasteiger partial charge >= 0.3 is 5.97 Å². The Kier molecular flexibility index (Phi) is 4.54. The van der Waals surface area contributed by atoms with E-state index in [0.717, 1.165) is 0 Å². The lowest BCUT2D eigenvalue weighted by molar-refractivity contribution is -0.122. The van der Waals surface area contributed by atoms with Crippen molar-refractivity contribution in [1.29, 1.82) is 0 Å². The summed E-state index contributed by atoms with van der Waals surface area (Å²) in [7, 11) is 0. The molecule has 1 aliphatic carbocycles. The molecule has 1 aliphatic heterocycles. The molecule has 0 N–H and O–H groups in total. The molecule has 2 aliphatic rings. The molecule has 0 saturated carbocycles. The van der Waals surface area contributed by atoms with E-state index in [1.54, 1.807) is 48.5 Å². The van der Waals surface area contributed by atoms with Gasteiger partial charge in [-0.1, -0.05) is 23.8 Å². The third-order valence-electron chi connectivity index (χ3n) is 4.89. The van der Waals surface area contributed by atoms with Crippen molar-refractivity contribution in [3.63, 3.8) is 0 Å². The van der Waals surface area contributed by atoms with Crippen molar-refractivity contribution in [3.05, 3.63) is 71.3 Å². The molecule has 0 bridgehead atoms. The summed E-state index contributed by atoms with van der Waals surface area (Å²) in [5, 5.41) is 0.551. The molecule has 136 valence electrons. The molecular formula is C21H16ClNO4. The van der Waals surface area contributed by atoms with Gasteiger partial charge in [-0.3, -0.25) is 14.5 Å². The summed E-state index contributed by atoms with van der Waals surface area (Å²) in [4.78, 5) is 38.7. The Balaban J connectivity index is 1.50. The highest BCUT2D eigenvalue weighted by atomic mass is 35.5. The number of rotatable bonds is 3. The molecule has 2 atom stereocenters. The monoisotopic (exact) mass is 381 g/mol. The van der Waals surface area contributed by atoms with Gasteiger partial charge in [-0.2, -0.15) is 0 Å². The van der Waals surface area contributed by atoms with Crippen LogP contribution in [0.3, 0.4) is 0 Å². The number of anilines is 1. The maximum Gasteiger partial charge on any atom is 0.343 e. The van der Waals surface area contributed by atoms with Gasteiger partial charge in [-0.05, 0) is 61.4 Å². The number of allylic oxidation sites excluding steroid dienone is 2. The Labute approximate surface area is 161 Å². The van der Waals surface area contributed by atoms with E-state index < -0.39 is 5.97 Å². The summed E-state index contributed by atoms with van der Waals surface area (Å²) in [6.07, 6.45) is 5.09. The minimum Gasteiger partial charge on any atom is -0.423 e. The number of fused-ring (bicyclic) bond motifs is 1. The van der Waals surface area contributed by atoms with Crippen molar-refractivity contribution < 1.29 is 19.1 Å². The van der Waals surface area contributed by atoms with E-state index in [1.807, 2.05) is 12.2 Å². The number of amides is 2. The quantitative estimate of drug-likeness (QED) is 0.349. The first kappa shape index (κ1) is 17.5. The summed E-state index contributed by atoms with van der Waals surface area (Å²) in [5.74, 6) is -1.05. The number of benzene rings is 2. The highest BCUT2D eigenvalue weighted by Gasteiger charge is 2.47. The van der Waals surface area contributed by atoms with Crippen LogP contribution in [-0.4, -0.2) is 17.8 Å². The van der Waals surface area contributed by atoms with Crippen LogP contribution in [0.1, 0.15) is 23.2 Å². The average molecular weight is 382 g/mol. The van der Waals surface area contributed by atoms with Crippen LogP contribution in [0, 0.1) is 11.8 Å². The fourth-order valence-electron chi connectivity index (χ4n) is 3.47. The zero-order valence-electron chi connectivity index (χ0n) is 14.3. The van der Waals surface area contributed by atoms with Crippen molar-refractivity contribution in [1.82, 2.24) is 0 Å². The molecule has 2 amide bonds. The first-order chi connectivity index (χ1) is 13.0. The fourth-order valence-corrected chi connectivity index (χ4v) is 3.60. The van der Waals surface area contributed by atoms with Crippen LogP contribution in [0.5, 0.6) is 5.75 Å². The molecule has 1 heterocycles. The van der Waals surface area contributed by atoms with E-state index in [1.165, 1.54) is 4.90 Å². The Bertz CT molecular complexity index is 908. The highest BCUT2D eigenvalue weighted by Crippen LogP contribution is 2.37. The Morgan fingerprint density at radius 1 is 0.889 bits per heavy atom. The van der Waals surface area contributed by atoms with Crippen LogP contribution in [0.15, 0.2) is 60.7 Å². The standard InChI is InChI=1S/C21H16ClNO4/c22-14-7-11-16(12-8-14)27-21(26)13-5-9-15(10-6-13)23-19(24)17-3-1-2-4-18(17)20(23)25/h1-2,5-12,17-18H,3-4H2. The van der Waals surface area contributed by atoms with Crippen molar-refractivity contribution >= 4 is 35.1 Å². The Morgan fingerprint density at radius 3 is 2.00 bits per heavy atom. The largest absolute Gasteiger partial charge is 0.423 e. The number of esters is 1. The topological polar surface area (TPSA) is 63.7 Å². The third-order valence-corrected chi connectivity index (χ3v) is 5.14. The van der Waals surface area contributed by atoms with Gasteiger partial charge in [0.15, 0.2) is 0 Å². The molecule has 2 aromatic rings. The molecule has 1 saturated heterocycles. The second-order valence-electron chi connectivity index (χ2n) is 6.56. The van der Waals surface area contributed by atoms with E-state index in [2.05, 4.69) is 0 Å². The van der Waals surface area contributed by atoms with Gasteiger partial charge in [0.25, 0.3) is 0 Å². The zero-order valence-corrected chi connectivity index (χ0v) is 15.1. The number of carbonyl (C=O) groups excluding carboxylic acids is 3. The van der Waals surface area contributed by atoms with Crippen LogP contribution in [0.2, 0.25) is 5.02 Å². The molecule has 2 aromatic carbocycles. The van der Waals surface area contributed by atoms with Crippen LogP contribution >= 0.6 is 11.6 Å². The summed E-state index contributed by atoms with van der Waals surface area (Å²) in [5.41, 5.74) is 0.800. The summed E-state index contributed by atoms with van der Waals surface area (Å²) in [6, 6.07) is 12.8. The number of hydrogen-bond donors (Lipinski definition) is 0. The Hall–Kier alpha value is -2.92. The number of imide groups is 1. The maximum absolute atomic E-state index is 12.6. The first-order valence-electron chi connectivity index (χ1n) is 8.65. The van der Waals surface area contributed by atoms with Gasteiger partial charge < -0.3 is 4.74 Å². The molecule has 0 aromatic heterocycles. The lowest BCUT2D eigenvalue weighted by Crippen LogP contribution is -2.30. The second kappa shape index (κ2) is 7.00. The highest BCUT2D eigenvalue weighted by molar-refractivity contribution is 6.30. The molecule has 0 radical (unpaired) electrons. The maximum atomic E-state index is 12.6. The van der Waals surface area contributed by atoms with E-state index in [4.69, 9.17) is 16.3 Å². The second-order valence-corrected chi connectivity index (χ2v) is 6.99. The van der Waals surface area contributed by atoms with E-state index >= 15 is 0 Å². The first-order valence-corrected chi connectivity index (χ1v) is 9.03.